The topological polar surface area (TPSA) is 38.7 Å². The molecule has 0 radical (unpaired) electrons. The largest absolute Gasteiger partial charge is 0.254 e. The van der Waals surface area contributed by atoms with Gasteiger partial charge in [-0.05, 0) is 24.3 Å². The van der Waals surface area contributed by atoms with Gasteiger partial charge in [-0.1, -0.05) is 48.5 Å². The van der Waals surface area contributed by atoms with Gasteiger partial charge in [-0.25, -0.2) is 9.97 Å². The van der Waals surface area contributed by atoms with Crippen LogP contribution in [-0.4, -0.2) is 15.0 Å². The SMILES string of the molecule is c1ccc2nc3c(ccc4cc5ccc6cccnc6c5nc43)cc2c1. The van der Waals surface area contributed by atoms with E-state index >= 15 is 0 Å². The van der Waals surface area contributed by atoms with Crippen LogP contribution in [0.4, 0.5) is 0 Å². The molecule has 6 rings (SSSR count). The van der Waals surface area contributed by atoms with Gasteiger partial charge >= 0.3 is 0 Å². The number of para-hydroxylation sites is 1. The molecule has 0 bridgehead atoms. The molecule has 0 aliphatic heterocycles. The molecule has 0 aliphatic rings. The lowest BCUT2D eigenvalue weighted by Crippen LogP contribution is -1.90. The summed E-state index contributed by atoms with van der Waals surface area (Å²) in [5, 5.41) is 5.56. The first-order chi connectivity index (χ1) is 12.9. The number of pyridine rings is 3. The van der Waals surface area contributed by atoms with Crippen LogP contribution < -0.4 is 0 Å². The van der Waals surface area contributed by atoms with Crippen molar-refractivity contribution in [1.82, 2.24) is 15.0 Å². The van der Waals surface area contributed by atoms with Crippen molar-refractivity contribution in [3.05, 3.63) is 79.0 Å². The second-order valence-electron chi connectivity index (χ2n) is 6.59. The van der Waals surface area contributed by atoms with Crippen molar-refractivity contribution in [1.29, 1.82) is 0 Å². The van der Waals surface area contributed by atoms with Crippen molar-refractivity contribution in [2.24, 2.45) is 0 Å². The number of hydrogen-bond donors (Lipinski definition) is 0. The molecular formula is C23H13N3. The summed E-state index contributed by atoms with van der Waals surface area (Å²) in [6, 6.07) is 25.1. The smallest absolute Gasteiger partial charge is 0.0973 e. The van der Waals surface area contributed by atoms with E-state index in [9.17, 15) is 0 Å². The lowest BCUT2D eigenvalue weighted by atomic mass is 10.0. The van der Waals surface area contributed by atoms with Gasteiger partial charge < -0.3 is 0 Å². The normalized spacial score (nSPS) is 11.8. The molecule has 0 saturated heterocycles. The first-order valence-electron chi connectivity index (χ1n) is 8.63. The maximum Gasteiger partial charge on any atom is 0.0973 e. The number of aromatic nitrogens is 3. The Kier molecular flexibility index (Phi) is 2.61. The Bertz CT molecular complexity index is 1490. The van der Waals surface area contributed by atoms with Crippen molar-refractivity contribution < 1.29 is 0 Å². The maximum atomic E-state index is 5.02. The van der Waals surface area contributed by atoms with Crippen LogP contribution in [-0.2, 0) is 0 Å². The second-order valence-corrected chi connectivity index (χ2v) is 6.59. The third kappa shape index (κ3) is 1.85. The minimum atomic E-state index is 0.929. The van der Waals surface area contributed by atoms with Crippen molar-refractivity contribution in [2.75, 3.05) is 0 Å². The summed E-state index contributed by atoms with van der Waals surface area (Å²) < 4.78 is 0. The molecule has 3 heteroatoms. The van der Waals surface area contributed by atoms with Crippen LogP contribution in [0.2, 0.25) is 0 Å². The summed E-state index contributed by atoms with van der Waals surface area (Å²) in [4.78, 5) is 14.5. The van der Waals surface area contributed by atoms with Crippen molar-refractivity contribution in [3.8, 4) is 0 Å². The molecule has 6 aromatic rings. The molecule has 3 nitrogen and oxygen atoms in total. The fourth-order valence-corrected chi connectivity index (χ4v) is 3.74. The van der Waals surface area contributed by atoms with Crippen LogP contribution >= 0.6 is 0 Å². The van der Waals surface area contributed by atoms with Crippen LogP contribution in [0.3, 0.4) is 0 Å². The van der Waals surface area contributed by atoms with Gasteiger partial charge in [0.05, 0.1) is 27.6 Å². The van der Waals surface area contributed by atoms with E-state index in [2.05, 4.69) is 53.5 Å². The zero-order valence-corrected chi connectivity index (χ0v) is 13.8. The first kappa shape index (κ1) is 13.7. The third-order valence-corrected chi connectivity index (χ3v) is 5.01. The van der Waals surface area contributed by atoms with Gasteiger partial charge in [-0.2, -0.15) is 0 Å². The molecule has 0 unspecified atom stereocenters. The van der Waals surface area contributed by atoms with E-state index in [0.717, 1.165) is 54.5 Å². The molecule has 26 heavy (non-hydrogen) atoms. The Morgan fingerprint density at radius 2 is 1.08 bits per heavy atom. The van der Waals surface area contributed by atoms with Gasteiger partial charge in [0.2, 0.25) is 0 Å². The Balaban J connectivity index is 1.83. The molecule has 0 fully saturated rings. The van der Waals surface area contributed by atoms with Gasteiger partial charge in [0.15, 0.2) is 0 Å². The Morgan fingerprint density at radius 3 is 1.92 bits per heavy atom. The van der Waals surface area contributed by atoms with Crippen molar-refractivity contribution in [2.45, 2.75) is 0 Å². The molecule has 0 aliphatic carbocycles. The Labute approximate surface area is 148 Å². The summed E-state index contributed by atoms with van der Waals surface area (Å²) in [5.41, 5.74) is 4.73. The highest BCUT2D eigenvalue weighted by molar-refractivity contribution is 6.12. The summed E-state index contributed by atoms with van der Waals surface area (Å²) in [7, 11) is 0. The van der Waals surface area contributed by atoms with Crippen LogP contribution in [0, 0.1) is 0 Å². The fraction of sp³-hybridized carbons (Fsp3) is 0. The zero-order valence-electron chi connectivity index (χ0n) is 13.8. The van der Waals surface area contributed by atoms with E-state index in [1.54, 1.807) is 0 Å². The predicted octanol–water partition coefficient (Wildman–Crippen LogP) is 5.64. The molecule has 3 aromatic carbocycles. The first-order valence-corrected chi connectivity index (χ1v) is 8.63. The Hall–Kier alpha value is -3.59. The van der Waals surface area contributed by atoms with Gasteiger partial charge in [0.1, 0.15) is 0 Å². The molecular weight excluding hydrogens is 318 g/mol. The predicted molar refractivity (Wildman–Crippen MR) is 107 cm³/mol. The van der Waals surface area contributed by atoms with E-state index in [0.29, 0.717) is 0 Å². The Morgan fingerprint density at radius 1 is 0.462 bits per heavy atom. The van der Waals surface area contributed by atoms with Crippen LogP contribution in [0.25, 0.3) is 54.5 Å². The van der Waals surface area contributed by atoms with Crippen molar-refractivity contribution >= 4 is 54.5 Å². The molecule has 0 spiro atoms. The average molecular weight is 331 g/mol. The number of hydrogen-bond acceptors (Lipinski definition) is 3. The monoisotopic (exact) mass is 331 g/mol. The van der Waals surface area contributed by atoms with E-state index in [1.807, 2.05) is 30.5 Å². The second kappa shape index (κ2) is 4.96. The quantitative estimate of drug-likeness (QED) is 0.267. The molecule has 3 heterocycles. The van der Waals surface area contributed by atoms with E-state index < -0.39 is 0 Å². The number of nitrogens with zero attached hydrogens (tertiary/aromatic N) is 3. The highest BCUT2D eigenvalue weighted by Crippen LogP contribution is 2.30. The molecule has 0 N–H and O–H groups in total. The van der Waals surface area contributed by atoms with Gasteiger partial charge in [0, 0.05) is 33.1 Å². The minimum Gasteiger partial charge on any atom is -0.254 e. The van der Waals surface area contributed by atoms with Gasteiger partial charge in [-0.15, -0.1) is 0 Å². The number of benzene rings is 3. The summed E-state index contributed by atoms with van der Waals surface area (Å²) in [6.45, 7) is 0. The van der Waals surface area contributed by atoms with E-state index in [-0.39, 0.29) is 0 Å². The van der Waals surface area contributed by atoms with Gasteiger partial charge in [-0.3, -0.25) is 4.98 Å². The lowest BCUT2D eigenvalue weighted by molar-refractivity contribution is 1.40. The van der Waals surface area contributed by atoms with E-state index in [1.165, 1.54) is 0 Å². The minimum absolute atomic E-state index is 0.929. The van der Waals surface area contributed by atoms with Gasteiger partial charge in [0.25, 0.3) is 0 Å². The van der Waals surface area contributed by atoms with Crippen LogP contribution in [0.1, 0.15) is 0 Å². The summed E-state index contributed by atoms with van der Waals surface area (Å²) >= 11 is 0. The molecule has 120 valence electrons. The fourth-order valence-electron chi connectivity index (χ4n) is 3.74. The number of fused-ring (bicyclic) bond motifs is 7. The molecule has 0 saturated carbocycles. The number of rotatable bonds is 0. The van der Waals surface area contributed by atoms with Crippen molar-refractivity contribution in [3.63, 3.8) is 0 Å². The average Bonchev–Trinajstić information content (AvgIpc) is 2.71. The van der Waals surface area contributed by atoms with Crippen LogP contribution in [0.15, 0.2) is 79.0 Å². The summed E-state index contributed by atoms with van der Waals surface area (Å²) in [6.07, 6.45) is 1.82. The molecule has 0 amide bonds. The zero-order chi connectivity index (χ0) is 17.1. The summed E-state index contributed by atoms with van der Waals surface area (Å²) in [5.74, 6) is 0. The lowest BCUT2D eigenvalue weighted by Gasteiger charge is -2.08. The van der Waals surface area contributed by atoms with Crippen LogP contribution in [0.5, 0.6) is 0 Å². The highest BCUT2D eigenvalue weighted by Gasteiger charge is 2.09. The standard InChI is InChI=1S/C23H13N3/c1-2-6-19-15(4-1)12-16-9-10-18-13-17-8-7-14-5-3-11-24-20(14)21(17)26-23(18)22(16)25-19/h1-13H. The molecule has 0 atom stereocenters. The maximum absolute atomic E-state index is 5.02. The third-order valence-electron chi connectivity index (χ3n) is 5.01. The van der Waals surface area contributed by atoms with E-state index in [4.69, 9.17) is 9.97 Å². The molecule has 3 aromatic heterocycles. The highest BCUT2D eigenvalue weighted by atomic mass is 14.8.